The van der Waals surface area contributed by atoms with E-state index in [0.29, 0.717) is 11.3 Å². The van der Waals surface area contributed by atoms with E-state index in [-0.39, 0.29) is 11.1 Å². The molecule has 0 spiro atoms. The first kappa shape index (κ1) is 11.1. The minimum Gasteiger partial charge on any atom is -0.477 e. The van der Waals surface area contributed by atoms with Gasteiger partial charge in [0.2, 0.25) is 0 Å². The Balaban J connectivity index is 2.72. The van der Waals surface area contributed by atoms with Crippen LogP contribution in [0.4, 0.5) is 0 Å². The number of aromatic carboxylic acids is 1. The lowest BCUT2D eigenvalue weighted by Crippen LogP contribution is -2.17. The molecule has 17 heavy (non-hydrogen) atoms. The van der Waals surface area contributed by atoms with E-state index in [1.807, 2.05) is 18.2 Å². The van der Waals surface area contributed by atoms with E-state index >= 15 is 0 Å². The van der Waals surface area contributed by atoms with E-state index in [0.717, 1.165) is 6.07 Å². The molecule has 2 aromatic rings. The van der Waals surface area contributed by atoms with Crippen LogP contribution in [0.5, 0.6) is 0 Å². The Labute approximate surface area is 97.8 Å². The summed E-state index contributed by atoms with van der Waals surface area (Å²) in [6.07, 6.45) is 1.54. The van der Waals surface area contributed by atoms with Crippen LogP contribution in [0.15, 0.2) is 47.4 Å². The largest absolute Gasteiger partial charge is 0.477 e. The van der Waals surface area contributed by atoms with Crippen molar-refractivity contribution in [2.45, 2.75) is 6.92 Å². The van der Waals surface area contributed by atoms with E-state index in [9.17, 15) is 9.59 Å². The van der Waals surface area contributed by atoms with Crippen LogP contribution in [-0.2, 0) is 0 Å². The molecule has 0 amide bonds. The van der Waals surface area contributed by atoms with Crippen molar-refractivity contribution in [1.82, 2.24) is 4.57 Å². The van der Waals surface area contributed by atoms with Crippen LogP contribution in [-0.4, -0.2) is 15.6 Å². The second-order valence-corrected chi connectivity index (χ2v) is 3.72. The van der Waals surface area contributed by atoms with Gasteiger partial charge in [0.05, 0.1) is 0 Å². The molecule has 1 aromatic carbocycles. The smallest absolute Gasteiger partial charge is 0.353 e. The van der Waals surface area contributed by atoms with Crippen LogP contribution in [0, 0.1) is 6.92 Å². The van der Waals surface area contributed by atoms with Crippen LogP contribution >= 0.6 is 0 Å². The summed E-state index contributed by atoms with van der Waals surface area (Å²) < 4.78 is 1.50. The number of carboxylic acids is 1. The van der Waals surface area contributed by atoms with Crippen molar-refractivity contribution in [1.29, 1.82) is 0 Å². The SMILES string of the molecule is Cc1cn(-c2ccccc2)c(C(=O)O)cc1=O. The van der Waals surface area contributed by atoms with Gasteiger partial charge in [0.1, 0.15) is 5.69 Å². The summed E-state index contributed by atoms with van der Waals surface area (Å²) in [5, 5.41) is 9.08. The van der Waals surface area contributed by atoms with Gasteiger partial charge in [0.25, 0.3) is 0 Å². The molecule has 1 aromatic heterocycles. The first-order chi connectivity index (χ1) is 8.09. The number of rotatable bonds is 2. The van der Waals surface area contributed by atoms with E-state index in [2.05, 4.69) is 0 Å². The summed E-state index contributed by atoms with van der Waals surface area (Å²) in [6, 6.07) is 10.2. The highest BCUT2D eigenvalue weighted by atomic mass is 16.4. The van der Waals surface area contributed by atoms with Gasteiger partial charge in [-0.15, -0.1) is 0 Å². The summed E-state index contributed by atoms with van der Waals surface area (Å²) in [5.74, 6) is -1.12. The molecule has 4 heteroatoms. The van der Waals surface area contributed by atoms with Gasteiger partial charge in [-0.05, 0) is 19.1 Å². The number of aromatic nitrogens is 1. The van der Waals surface area contributed by atoms with Crippen LogP contribution in [0.3, 0.4) is 0 Å². The molecule has 0 aliphatic rings. The van der Waals surface area contributed by atoms with Gasteiger partial charge < -0.3 is 9.67 Å². The monoisotopic (exact) mass is 229 g/mol. The normalized spacial score (nSPS) is 10.2. The maximum absolute atomic E-state index is 11.5. The number of pyridine rings is 1. The summed E-state index contributed by atoms with van der Waals surface area (Å²) in [7, 11) is 0. The molecule has 2 rings (SSSR count). The lowest BCUT2D eigenvalue weighted by atomic mass is 10.2. The maximum atomic E-state index is 11.5. The summed E-state index contributed by atoms with van der Waals surface area (Å²) >= 11 is 0. The van der Waals surface area contributed by atoms with Gasteiger partial charge in [-0.1, -0.05) is 18.2 Å². The molecule has 0 aliphatic heterocycles. The highest BCUT2D eigenvalue weighted by Crippen LogP contribution is 2.10. The highest BCUT2D eigenvalue weighted by molar-refractivity contribution is 5.86. The summed E-state index contributed by atoms with van der Waals surface area (Å²) in [4.78, 5) is 22.6. The zero-order valence-corrected chi connectivity index (χ0v) is 9.25. The van der Waals surface area contributed by atoms with Gasteiger partial charge in [-0.25, -0.2) is 4.79 Å². The first-order valence-corrected chi connectivity index (χ1v) is 5.11. The topological polar surface area (TPSA) is 59.3 Å². The van der Waals surface area contributed by atoms with Crippen molar-refractivity contribution in [3.8, 4) is 5.69 Å². The zero-order chi connectivity index (χ0) is 12.4. The standard InChI is InChI=1S/C13H11NO3/c1-9-8-14(10-5-3-2-4-6-10)11(13(16)17)7-12(9)15/h2-8H,1H3,(H,16,17). The molecule has 1 N–H and O–H groups in total. The van der Waals surface area contributed by atoms with Crippen molar-refractivity contribution in [3.63, 3.8) is 0 Å². The molecule has 0 aliphatic carbocycles. The summed E-state index contributed by atoms with van der Waals surface area (Å²) in [5.41, 5.74) is 0.924. The second kappa shape index (κ2) is 4.25. The number of hydrogen-bond acceptors (Lipinski definition) is 2. The minimum absolute atomic E-state index is 0.0354. The number of benzene rings is 1. The van der Waals surface area contributed by atoms with Crippen LogP contribution in [0.25, 0.3) is 5.69 Å². The lowest BCUT2D eigenvalue weighted by Gasteiger charge is -2.11. The molecular formula is C13H11NO3. The Bertz CT molecular complexity index is 614. The average Bonchev–Trinajstić information content (AvgIpc) is 2.33. The van der Waals surface area contributed by atoms with Crippen molar-refractivity contribution >= 4 is 5.97 Å². The molecule has 86 valence electrons. The van der Waals surface area contributed by atoms with E-state index < -0.39 is 5.97 Å². The molecule has 4 nitrogen and oxygen atoms in total. The third-order valence-electron chi connectivity index (χ3n) is 2.49. The number of nitrogens with zero attached hydrogens (tertiary/aromatic N) is 1. The molecule has 0 saturated heterocycles. The predicted octanol–water partition coefficient (Wildman–Crippen LogP) is 1.84. The van der Waals surface area contributed by atoms with Gasteiger partial charge >= 0.3 is 5.97 Å². The lowest BCUT2D eigenvalue weighted by molar-refractivity contribution is 0.0687. The van der Waals surface area contributed by atoms with Crippen LogP contribution in [0.1, 0.15) is 16.1 Å². The van der Waals surface area contributed by atoms with Gasteiger partial charge in [0.15, 0.2) is 5.43 Å². The summed E-state index contributed by atoms with van der Waals surface area (Å²) in [6.45, 7) is 1.66. The Morgan fingerprint density at radius 1 is 1.24 bits per heavy atom. The Morgan fingerprint density at radius 2 is 1.88 bits per heavy atom. The molecule has 0 fully saturated rings. The fourth-order valence-corrected chi connectivity index (χ4v) is 1.60. The Hall–Kier alpha value is -2.36. The first-order valence-electron chi connectivity index (χ1n) is 5.11. The number of carbonyl (C=O) groups is 1. The van der Waals surface area contributed by atoms with Crippen LogP contribution in [0.2, 0.25) is 0 Å². The van der Waals surface area contributed by atoms with Crippen molar-refractivity contribution in [3.05, 3.63) is 64.1 Å². The molecule has 0 radical (unpaired) electrons. The quantitative estimate of drug-likeness (QED) is 0.854. The number of aryl methyl sites for hydroxylation is 1. The molecule has 0 unspecified atom stereocenters. The van der Waals surface area contributed by atoms with Crippen molar-refractivity contribution in [2.75, 3.05) is 0 Å². The molecular weight excluding hydrogens is 218 g/mol. The highest BCUT2D eigenvalue weighted by Gasteiger charge is 2.11. The van der Waals surface area contributed by atoms with E-state index in [1.54, 1.807) is 25.3 Å². The van der Waals surface area contributed by atoms with E-state index in [4.69, 9.17) is 5.11 Å². The van der Waals surface area contributed by atoms with Gasteiger partial charge in [0, 0.05) is 23.5 Å². The fraction of sp³-hybridized carbons (Fsp3) is 0.0769. The second-order valence-electron chi connectivity index (χ2n) is 3.72. The maximum Gasteiger partial charge on any atom is 0.353 e. The third kappa shape index (κ3) is 2.10. The predicted molar refractivity (Wildman–Crippen MR) is 63.7 cm³/mol. The number of carboxylic acid groups (broad SMARTS) is 1. The van der Waals surface area contributed by atoms with E-state index in [1.165, 1.54) is 4.57 Å². The molecule has 0 saturated carbocycles. The van der Waals surface area contributed by atoms with Gasteiger partial charge in [-0.2, -0.15) is 0 Å². The fourth-order valence-electron chi connectivity index (χ4n) is 1.60. The molecule has 1 heterocycles. The van der Waals surface area contributed by atoms with Gasteiger partial charge in [-0.3, -0.25) is 4.79 Å². The molecule has 0 bridgehead atoms. The number of hydrogen-bond donors (Lipinski definition) is 1. The van der Waals surface area contributed by atoms with Crippen molar-refractivity contribution in [2.24, 2.45) is 0 Å². The minimum atomic E-state index is -1.12. The third-order valence-corrected chi connectivity index (χ3v) is 2.49. The van der Waals surface area contributed by atoms with Crippen molar-refractivity contribution < 1.29 is 9.90 Å². The van der Waals surface area contributed by atoms with Crippen LogP contribution < -0.4 is 5.43 Å². The average molecular weight is 229 g/mol. The Kier molecular flexibility index (Phi) is 2.78. The number of para-hydroxylation sites is 1. The zero-order valence-electron chi connectivity index (χ0n) is 9.25. The molecule has 0 atom stereocenters. The Morgan fingerprint density at radius 3 is 2.47 bits per heavy atom.